The highest BCUT2D eigenvalue weighted by molar-refractivity contribution is 6.15. The highest BCUT2D eigenvalue weighted by atomic mass is 16.7. The van der Waals surface area contributed by atoms with Crippen molar-refractivity contribution in [1.29, 1.82) is 0 Å². The summed E-state index contributed by atoms with van der Waals surface area (Å²) in [4.78, 5) is 140. The first-order valence-electron chi connectivity index (χ1n) is 33.4. The Morgan fingerprint density at radius 1 is 0.804 bits per heavy atom. The molecule has 0 spiro atoms. The van der Waals surface area contributed by atoms with Gasteiger partial charge in [0.05, 0.1) is 63.1 Å². The zero-order valence-electron chi connectivity index (χ0n) is 59.1. The molecule has 27 heteroatoms. The van der Waals surface area contributed by atoms with E-state index in [1.807, 2.05) is 92.9 Å². The zero-order chi connectivity index (χ0) is 72.7. The maximum absolute atomic E-state index is 15.2. The second kappa shape index (κ2) is 35.5. The third kappa shape index (κ3) is 21.1. The van der Waals surface area contributed by atoms with E-state index in [0.717, 1.165) is 17.7 Å². The fraction of sp³-hybridized carbons (Fsp3) is 0.657. The molecule has 0 aromatic heterocycles. The molecule has 2 aromatic carbocycles. The summed E-state index contributed by atoms with van der Waals surface area (Å²) in [5.74, 6) is -8.59. The number of rotatable bonds is 35. The minimum Gasteiger partial charge on any atom is -0.479 e. The van der Waals surface area contributed by atoms with Gasteiger partial charge >= 0.3 is 12.1 Å². The summed E-state index contributed by atoms with van der Waals surface area (Å²) in [7, 11) is 8.40. The number of anilines is 1. The lowest BCUT2D eigenvalue weighted by Gasteiger charge is -2.42. The number of hydrogen-bond acceptors (Lipinski definition) is 19. The summed E-state index contributed by atoms with van der Waals surface area (Å²) in [6.45, 7) is 19.6. The van der Waals surface area contributed by atoms with Crippen LogP contribution in [-0.2, 0) is 68.6 Å². The second-order valence-corrected chi connectivity index (χ2v) is 28.3. The van der Waals surface area contributed by atoms with E-state index in [0.29, 0.717) is 36.3 Å². The molecule has 3 aliphatic rings. The number of amides is 7. The van der Waals surface area contributed by atoms with E-state index in [4.69, 9.17) is 23.7 Å². The van der Waals surface area contributed by atoms with Gasteiger partial charge in [-0.3, -0.25) is 43.3 Å². The van der Waals surface area contributed by atoms with E-state index in [2.05, 4.69) is 16.0 Å². The third-order valence-electron chi connectivity index (χ3n) is 18.7. The van der Waals surface area contributed by atoms with Gasteiger partial charge in [0.2, 0.25) is 29.9 Å². The maximum atomic E-state index is 15.2. The van der Waals surface area contributed by atoms with Gasteiger partial charge < -0.3 is 79.5 Å². The Kier molecular flexibility index (Phi) is 29.4. The van der Waals surface area contributed by atoms with Crippen LogP contribution in [0.3, 0.4) is 0 Å². The topological polar surface area (TPSA) is 364 Å². The molecule has 0 bridgehead atoms. The number of aliphatic hydroxyl groups excluding tert-OH is 4. The molecule has 27 nitrogen and oxygen atoms in total. The average molecular weight is 1370 g/mol. The molecule has 2 saturated heterocycles. The van der Waals surface area contributed by atoms with Crippen molar-refractivity contribution < 1.29 is 102 Å². The highest BCUT2D eigenvalue weighted by Crippen LogP contribution is 2.36. The summed E-state index contributed by atoms with van der Waals surface area (Å²) < 4.78 is 28.8. The molecule has 0 unspecified atom stereocenters. The van der Waals surface area contributed by atoms with Crippen molar-refractivity contribution in [1.82, 2.24) is 25.3 Å². The predicted molar refractivity (Wildman–Crippen MR) is 355 cm³/mol. The quantitative estimate of drug-likeness (QED) is 0.0352. The Morgan fingerprint density at radius 3 is 2.01 bits per heavy atom. The van der Waals surface area contributed by atoms with Crippen LogP contribution in [0, 0.1) is 35.5 Å². The summed E-state index contributed by atoms with van der Waals surface area (Å²) in [6.07, 6.45) is -9.92. The minimum absolute atomic E-state index is 0.00943. The molecular formula is C70H106N7O20+. The Morgan fingerprint density at radius 2 is 1.44 bits per heavy atom. The van der Waals surface area contributed by atoms with Crippen molar-refractivity contribution in [2.45, 2.75) is 206 Å². The molecule has 7 amide bonds. The molecule has 0 aliphatic carbocycles. The number of benzene rings is 2. The number of methoxy groups -OCH3 is 2. The minimum atomic E-state index is -2.04. The van der Waals surface area contributed by atoms with E-state index in [1.165, 1.54) is 26.4 Å². The normalized spacial score (nSPS) is 22.2. The van der Waals surface area contributed by atoms with Crippen LogP contribution in [0.25, 0.3) is 0 Å². The lowest BCUT2D eigenvalue weighted by molar-refractivity contribution is -0.922. The number of likely N-dealkylation sites (N-methyl/N-ethyl adjacent to an activating group) is 2. The van der Waals surface area contributed by atoms with Crippen molar-refractivity contribution in [3.63, 3.8) is 0 Å². The van der Waals surface area contributed by atoms with E-state index in [-0.39, 0.29) is 95.3 Å². The van der Waals surface area contributed by atoms with Crippen LogP contribution in [0.2, 0.25) is 0 Å². The number of carbonyl (C=O) groups excluding carboxylic acids is 9. The van der Waals surface area contributed by atoms with Crippen molar-refractivity contribution in [2.75, 3.05) is 60.3 Å². The van der Waals surface area contributed by atoms with Crippen LogP contribution < -0.4 is 20.7 Å². The molecule has 8 N–H and O–H groups in total. The molecule has 3 heterocycles. The van der Waals surface area contributed by atoms with Gasteiger partial charge in [0.1, 0.15) is 48.0 Å². The lowest BCUT2D eigenvalue weighted by atomic mass is 9.83. The molecule has 5 rings (SSSR count). The van der Waals surface area contributed by atoms with Gasteiger partial charge in [-0.05, 0) is 75.1 Å². The van der Waals surface area contributed by atoms with Crippen LogP contribution in [-0.4, -0.2) is 231 Å². The van der Waals surface area contributed by atoms with E-state index in [1.54, 1.807) is 50.6 Å². The number of nitrogens with zero attached hydrogens (tertiary/aromatic N) is 4. The van der Waals surface area contributed by atoms with Crippen LogP contribution >= 0.6 is 0 Å². The van der Waals surface area contributed by atoms with Gasteiger partial charge in [-0.1, -0.05) is 92.1 Å². The monoisotopic (exact) mass is 1360 g/mol. The molecule has 3 aliphatic heterocycles. The van der Waals surface area contributed by atoms with Crippen LogP contribution in [0.1, 0.15) is 138 Å². The number of imide groups is 1. The molecule has 2 aromatic rings. The number of likely N-dealkylation sites (tertiary alicyclic amines) is 1. The first-order chi connectivity index (χ1) is 45.4. The second-order valence-electron chi connectivity index (χ2n) is 28.3. The van der Waals surface area contributed by atoms with Crippen LogP contribution in [0.5, 0.6) is 5.75 Å². The van der Waals surface area contributed by atoms with Gasteiger partial charge in [-0.25, -0.2) is 9.59 Å². The summed E-state index contributed by atoms with van der Waals surface area (Å²) in [6, 6.07) is 10.3. The summed E-state index contributed by atoms with van der Waals surface area (Å²) in [5.41, 5.74) is 0.234. The van der Waals surface area contributed by atoms with E-state index < -0.39 is 139 Å². The summed E-state index contributed by atoms with van der Waals surface area (Å²) >= 11 is 0. The average Bonchev–Trinajstić information content (AvgIpc) is 1.27. The van der Waals surface area contributed by atoms with Crippen molar-refractivity contribution in [3.05, 3.63) is 71.8 Å². The number of aliphatic carboxylic acids is 1. The number of alkyl carbamates (subject to hydrolysis) is 1. The molecule has 2 fully saturated rings. The number of nitrogens with one attached hydrogen (secondary N) is 3. The Hall–Kier alpha value is -7.24. The fourth-order valence-corrected chi connectivity index (χ4v) is 13.6. The Labute approximate surface area is 569 Å². The zero-order valence-corrected chi connectivity index (χ0v) is 59.1. The Bertz CT molecular complexity index is 3080. The number of hydrogen-bond donors (Lipinski definition) is 8. The van der Waals surface area contributed by atoms with Crippen molar-refractivity contribution in [2.24, 2.45) is 35.5 Å². The molecular weight excluding hydrogens is 1260 g/mol. The molecule has 0 saturated carbocycles. The highest BCUT2D eigenvalue weighted by Gasteiger charge is 2.49. The smallest absolute Gasteiger partial charge is 0.407 e. The van der Waals surface area contributed by atoms with Crippen molar-refractivity contribution >= 4 is 64.8 Å². The first kappa shape index (κ1) is 80.4. The largest absolute Gasteiger partial charge is 0.479 e. The van der Waals surface area contributed by atoms with Crippen molar-refractivity contribution in [3.8, 4) is 5.75 Å². The first-order valence-corrected chi connectivity index (χ1v) is 33.4. The SMILES string of the molecule is CC[C@H](C)[C@@H]([C@@H](CC(=O)N1CCC[C@H]1[C@H](OC)[C@@H](C)C(=O)C[C@H](C)[C@@H](O)c1ccccc1)OC)N(C)C(=O)[C@@H](CC(=O)[C@H](C(C)C)[N+](C)(C)Cc1ccc(O[C@@H]2O[C@H](C(=O)O)[C@@H](O)[C@H](O)[C@H]2O)c(NC(=O)CCNC(=O)[C@H](CNC(=O)OC(C)(C)C)N2C(=O)C=CC2=O)c1)C(C)C. The number of Topliss-reactive ketones (excluding diaryl/α,β-unsaturated/α-hetero) is 2. The number of ketones is 2. The maximum Gasteiger partial charge on any atom is 0.407 e. The molecule has 97 heavy (non-hydrogen) atoms. The van der Waals surface area contributed by atoms with Gasteiger partial charge in [0, 0.05) is 89.1 Å². The van der Waals surface area contributed by atoms with Crippen LogP contribution in [0.15, 0.2) is 60.7 Å². The Balaban J connectivity index is 1.35. The number of carboxylic acid groups (broad SMARTS) is 1. The number of carbonyl (C=O) groups is 10. The lowest BCUT2D eigenvalue weighted by Crippen LogP contribution is -2.61. The fourth-order valence-electron chi connectivity index (χ4n) is 13.6. The predicted octanol–water partition coefficient (Wildman–Crippen LogP) is 4.30. The van der Waals surface area contributed by atoms with Crippen LogP contribution in [0.4, 0.5) is 10.5 Å². The van der Waals surface area contributed by atoms with Gasteiger partial charge in [0.15, 0.2) is 17.9 Å². The number of carboxylic acids is 1. The van der Waals surface area contributed by atoms with Gasteiger partial charge in [-0.15, -0.1) is 0 Å². The summed E-state index contributed by atoms with van der Waals surface area (Å²) in [5, 5.41) is 60.4. The number of quaternary nitrogens is 1. The van der Waals surface area contributed by atoms with Gasteiger partial charge in [-0.2, -0.15) is 0 Å². The number of ether oxygens (including phenoxy) is 5. The molecule has 16 atom stereocenters. The molecule has 540 valence electrons. The number of aliphatic hydroxyl groups is 4. The standard InChI is InChI=1S/C70H105N7O20/c1-17-40(6)57(52(93-15)35-56(83)75-31-21-24-47(75)63(94-16)42(8)49(78)32-41(7)59(84)44-22-19-18-20-23-44)74(12)66(89)45(38(2)3)34-50(79)58(39(4)5)77(13,14)37-43-25-26-51(95-68-62(87)60(85)61(86)64(96-68)67(90)91)46(33-43)73-53(80)29-30-71-65(88)48(76-54(81)27-28-55(76)82)36-72-69(92)97-70(9,10)11/h18-20,22-23,25-28,33,38-42,45,47-48,52,57-64,68,84-87H,17,21,24,29-32,34-37H2,1-16H3,(H3-,71,72,73,80,88,90,91,92)/p+1/t40-,41-,42-,45-,47-,48-,52+,57-,58-,59+,60-,61-,62+,63+,64-,68+/m0/s1. The van der Waals surface area contributed by atoms with Gasteiger partial charge in [0.25, 0.3) is 11.8 Å². The molecule has 0 radical (unpaired) electrons. The van der Waals surface area contributed by atoms with E-state index in [9.17, 15) is 63.9 Å². The third-order valence-corrected chi connectivity index (χ3v) is 18.7. The van der Waals surface area contributed by atoms with E-state index >= 15 is 9.59 Å².